The fraction of sp³-hybridized carbons (Fsp3) is 0.692. The number of nitrogens with one attached hydrogen (secondary N) is 2. The molecule has 1 fully saturated rings. The van der Waals surface area contributed by atoms with Gasteiger partial charge in [0.2, 0.25) is 5.91 Å². The van der Waals surface area contributed by atoms with Crippen molar-refractivity contribution in [1.29, 1.82) is 0 Å². The van der Waals surface area contributed by atoms with Gasteiger partial charge >= 0.3 is 0 Å². The van der Waals surface area contributed by atoms with E-state index in [1.165, 1.54) is 12.8 Å². The monoisotopic (exact) mass is 250 g/mol. The van der Waals surface area contributed by atoms with Crippen molar-refractivity contribution < 1.29 is 4.79 Å². The van der Waals surface area contributed by atoms with Gasteiger partial charge in [-0.1, -0.05) is 0 Å². The zero-order valence-electron chi connectivity index (χ0n) is 11.0. The zero-order valence-corrected chi connectivity index (χ0v) is 11.0. The Bertz CT molecular complexity index is 357. The molecule has 5 nitrogen and oxygen atoms in total. The quantitative estimate of drug-likeness (QED) is 0.824. The van der Waals surface area contributed by atoms with Crippen LogP contribution in [0.1, 0.15) is 31.4 Å². The van der Waals surface area contributed by atoms with Crippen molar-refractivity contribution in [3.05, 3.63) is 18.0 Å². The molecule has 18 heavy (non-hydrogen) atoms. The Labute approximate surface area is 108 Å². The summed E-state index contributed by atoms with van der Waals surface area (Å²) in [6, 6.07) is 1.90. The summed E-state index contributed by atoms with van der Waals surface area (Å²) in [6.07, 6.45) is 5.81. The van der Waals surface area contributed by atoms with Gasteiger partial charge in [-0.25, -0.2) is 0 Å². The summed E-state index contributed by atoms with van der Waals surface area (Å²) < 4.78 is 0. The number of piperidine rings is 1. The average Bonchev–Trinajstić information content (AvgIpc) is 2.90. The molecule has 2 rings (SSSR count). The predicted molar refractivity (Wildman–Crippen MR) is 69.9 cm³/mol. The summed E-state index contributed by atoms with van der Waals surface area (Å²) in [4.78, 5) is 13.8. The molecule has 0 unspecified atom stereocenters. The van der Waals surface area contributed by atoms with E-state index in [1.807, 2.05) is 13.1 Å². The number of amides is 1. The molecule has 0 radical (unpaired) electrons. The normalized spacial score (nSPS) is 16.7. The first-order valence-corrected chi connectivity index (χ1v) is 6.68. The lowest BCUT2D eigenvalue weighted by atomic mass is 9.93. The van der Waals surface area contributed by atoms with E-state index < -0.39 is 0 Å². The molecular formula is C13H22N4O. The van der Waals surface area contributed by atoms with E-state index in [0.717, 1.165) is 31.1 Å². The second-order valence-corrected chi connectivity index (χ2v) is 5.06. The van der Waals surface area contributed by atoms with E-state index in [2.05, 4.69) is 15.5 Å². The highest BCUT2D eigenvalue weighted by Gasteiger charge is 2.16. The van der Waals surface area contributed by atoms with E-state index in [1.54, 1.807) is 11.1 Å². The minimum absolute atomic E-state index is 0.225. The Balaban J connectivity index is 1.70. The highest BCUT2D eigenvalue weighted by Crippen LogP contribution is 2.18. The molecule has 1 aliphatic heterocycles. The van der Waals surface area contributed by atoms with Crippen LogP contribution in [0.2, 0.25) is 0 Å². The van der Waals surface area contributed by atoms with Crippen LogP contribution in [0.15, 0.2) is 12.3 Å². The molecule has 0 spiro atoms. The van der Waals surface area contributed by atoms with Gasteiger partial charge in [-0.15, -0.1) is 0 Å². The van der Waals surface area contributed by atoms with Gasteiger partial charge in [-0.2, -0.15) is 5.10 Å². The van der Waals surface area contributed by atoms with Crippen LogP contribution >= 0.6 is 0 Å². The second kappa shape index (κ2) is 6.54. The molecular weight excluding hydrogens is 228 g/mol. The maximum Gasteiger partial charge on any atom is 0.222 e. The number of rotatable bonds is 5. The molecule has 1 aliphatic rings. The maximum absolute atomic E-state index is 12.0. The first-order chi connectivity index (χ1) is 8.75. The van der Waals surface area contributed by atoms with E-state index >= 15 is 0 Å². The molecule has 0 atom stereocenters. The van der Waals surface area contributed by atoms with Crippen molar-refractivity contribution in [2.45, 2.75) is 32.2 Å². The van der Waals surface area contributed by atoms with Gasteiger partial charge in [-0.05, 0) is 44.3 Å². The lowest BCUT2D eigenvalue weighted by Gasteiger charge is -2.23. The molecule has 1 aromatic rings. The van der Waals surface area contributed by atoms with Gasteiger partial charge in [0.1, 0.15) is 0 Å². The summed E-state index contributed by atoms with van der Waals surface area (Å²) in [7, 11) is 1.85. The van der Waals surface area contributed by atoms with Crippen molar-refractivity contribution >= 4 is 5.91 Å². The van der Waals surface area contributed by atoms with Gasteiger partial charge in [0.25, 0.3) is 0 Å². The summed E-state index contributed by atoms with van der Waals surface area (Å²) in [6.45, 7) is 2.82. The van der Waals surface area contributed by atoms with Crippen LogP contribution in [0, 0.1) is 5.92 Å². The van der Waals surface area contributed by atoms with Crippen LogP contribution in [-0.4, -0.2) is 41.1 Å². The molecule has 5 heteroatoms. The fourth-order valence-corrected chi connectivity index (χ4v) is 2.41. The maximum atomic E-state index is 12.0. The molecule has 1 saturated heterocycles. The predicted octanol–water partition coefficient (Wildman–Crippen LogP) is 1.15. The molecule has 1 amide bonds. The lowest BCUT2D eigenvalue weighted by molar-refractivity contribution is -0.130. The van der Waals surface area contributed by atoms with Crippen molar-refractivity contribution in [3.63, 3.8) is 0 Å². The number of aromatic nitrogens is 2. The van der Waals surface area contributed by atoms with Gasteiger partial charge in [0, 0.05) is 19.7 Å². The number of aromatic amines is 1. The standard InChI is InChI=1S/C13H22N4O/c1-17(10-12-6-9-15-16-12)13(18)3-2-11-4-7-14-8-5-11/h6,9,11,14H,2-5,7-8,10H2,1H3,(H,15,16). The van der Waals surface area contributed by atoms with Crippen LogP contribution in [0.4, 0.5) is 0 Å². The first-order valence-electron chi connectivity index (χ1n) is 6.68. The van der Waals surface area contributed by atoms with Crippen LogP contribution in [0.25, 0.3) is 0 Å². The Morgan fingerprint density at radius 1 is 1.50 bits per heavy atom. The highest BCUT2D eigenvalue weighted by molar-refractivity contribution is 5.75. The largest absolute Gasteiger partial charge is 0.340 e. The molecule has 2 N–H and O–H groups in total. The van der Waals surface area contributed by atoms with Crippen LogP contribution in [-0.2, 0) is 11.3 Å². The molecule has 0 aliphatic carbocycles. The van der Waals surface area contributed by atoms with Gasteiger partial charge in [0.15, 0.2) is 0 Å². The molecule has 0 aromatic carbocycles. The van der Waals surface area contributed by atoms with E-state index in [4.69, 9.17) is 0 Å². The van der Waals surface area contributed by atoms with Crippen molar-refractivity contribution in [2.75, 3.05) is 20.1 Å². The average molecular weight is 250 g/mol. The molecule has 1 aromatic heterocycles. The smallest absolute Gasteiger partial charge is 0.222 e. The Hall–Kier alpha value is -1.36. The number of hydrogen-bond acceptors (Lipinski definition) is 3. The number of carbonyl (C=O) groups excluding carboxylic acids is 1. The van der Waals surface area contributed by atoms with E-state index in [0.29, 0.717) is 13.0 Å². The summed E-state index contributed by atoms with van der Waals surface area (Å²) in [5, 5.41) is 10.1. The fourth-order valence-electron chi connectivity index (χ4n) is 2.41. The van der Waals surface area contributed by atoms with Gasteiger partial charge < -0.3 is 10.2 Å². The number of hydrogen-bond donors (Lipinski definition) is 2. The van der Waals surface area contributed by atoms with Gasteiger partial charge in [-0.3, -0.25) is 9.89 Å². The number of carbonyl (C=O) groups is 1. The Kier molecular flexibility index (Phi) is 4.75. The first kappa shape index (κ1) is 13.1. The number of H-pyrrole nitrogens is 1. The summed E-state index contributed by atoms with van der Waals surface area (Å²) in [5.41, 5.74) is 0.979. The number of nitrogens with zero attached hydrogens (tertiary/aromatic N) is 2. The minimum atomic E-state index is 0.225. The zero-order chi connectivity index (χ0) is 12.8. The van der Waals surface area contributed by atoms with Crippen LogP contribution < -0.4 is 5.32 Å². The summed E-state index contributed by atoms with van der Waals surface area (Å²) in [5.74, 6) is 0.943. The summed E-state index contributed by atoms with van der Waals surface area (Å²) >= 11 is 0. The Morgan fingerprint density at radius 2 is 2.28 bits per heavy atom. The van der Waals surface area contributed by atoms with Crippen molar-refractivity contribution in [3.8, 4) is 0 Å². The van der Waals surface area contributed by atoms with Gasteiger partial charge in [0.05, 0.1) is 12.2 Å². The van der Waals surface area contributed by atoms with Crippen LogP contribution in [0.5, 0.6) is 0 Å². The Morgan fingerprint density at radius 3 is 2.94 bits per heavy atom. The van der Waals surface area contributed by atoms with E-state index in [-0.39, 0.29) is 5.91 Å². The lowest BCUT2D eigenvalue weighted by Crippen LogP contribution is -2.30. The third kappa shape index (κ3) is 3.84. The van der Waals surface area contributed by atoms with Crippen molar-refractivity contribution in [1.82, 2.24) is 20.4 Å². The second-order valence-electron chi connectivity index (χ2n) is 5.06. The third-order valence-corrected chi connectivity index (χ3v) is 3.62. The molecule has 0 saturated carbocycles. The SMILES string of the molecule is CN(Cc1ccn[nH]1)C(=O)CCC1CCNCC1. The third-order valence-electron chi connectivity index (χ3n) is 3.62. The van der Waals surface area contributed by atoms with Crippen molar-refractivity contribution in [2.24, 2.45) is 5.92 Å². The molecule has 0 bridgehead atoms. The molecule has 2 heterocycles. The van der Waals surface area contributed by atoms with E-state index in [9.17, 15) is 4.79 Å². The topological polar surface area (TPSA) is 61.0 Å². The highest BCUT2D eigenvalue weighted by atomic mass is 16.2. The van der Waals surface area contributed by atoms with Crippen LogP contribution in [0.3, 0.4) is 0 Å². The minimum Gasteiger partial charge on any atom is -0.340 e. The molecule has 100 valence electrons.